The van der Waals surface area contributed by atoms with E-state index < -0.39 is 0 Å². The summed E-state index contributed by atoms with van der Waals surface area (Å²) in [6.07, 6.45) is 0.827. The number of nitrogens with zero attached hydrogens (tertiary/aromatic N) is 1. The van der Waals surface area contributed by atoms with Crippen LogP contribution in [0.3, 0.4) is 0 Å². The van der Waals surface area contributed by atoms with Gasteiger partial charge in [0.15, 0.2) is 0 Å². The van der Waals surface area contributed by atoms with Crippen LogP contribution in [-0.4, -0.2) is 22.7 Å². The first-order chi connectivity index (χ1) is 7.20. The number of benzene rings is 1. The first kappa shape index (κ1) is 10.2. The van der Waals surface area contributed by atoms with Crippen LogP contribution in [0.4, 0.5) is 0 Å². The lowest BCUT2D eigenvalue weighted by Gasteiger charge is -2.32. The van der Waals surface area contributed by atoms with Crippen LogP contribution < -0.4 is 0 Å². The van der Waals surface area contributed by atoms with Crippen molar-refractivity contribution in [3.05, 3.63) is 35.9 Å². The Morgan fingerprint density at radius 1 is 1.33 bits per heavy atom. The van der Waals surface area contributed by atoms with Crippen molar-refractivity contribution in [1.82, 2.24) is 5.06 Å². The highest BCUT2D eigenvalue weighted by Gasteiger charge is 2.33. The molecule has 0 aliphatic carbocycles. The van der Waals surface area contributed by atoms with E-state index in [2.05, 4.69) is 0 Å². The lowest BCUT2D eigenvalue weighted by atomic mass is 9.82. The van der Waals surface area contributed by atoms with Gasteiger partial charge in [-0.25, -0.2) is 5.06 Å². The zero-order valence-electron chi connectivity index (χ0n) is 8.76. The summed E-state index contributed by atoms with van der Waals surface area (Å²) < 4.78 is 0. The van der Waals surface area contributed by atoms with Gasteiger partial charge in [-0.05, 0) is 17.9 Å². The van der Waals surface area contributed by atoms with Crippen LogP contribution in [0, 0.1) is 5.92 Å². The summed E-state index contributed by atoms with van der Waals surface area (Å²) in [6.45, 7) is 2.31. The number of carbonyl (C=O) groups is 1. The maximum absolute atomic E-state index is 11.6. The SMILES string of the molecule is C[C@H]1C(=O)N(O)CC[C@H]1c1ccccc1. The molecule has 1 aliphatic rings. The fourth-order valence-corrected chi connectivity index (χ4v) is 2.18. The number of hydroxylamine groups is 2. The largest absolute Gasteiger partial charge is 0.286 e. The molecule has 1 aliphatic heterocycles. The first-order valence-corrected chi connectivity index (χ1v) is 5.25. The number of piperidine rings is 1. The molecule has 0 spiro atoms. The Morgan fingerprint density at radius 3 is 2.67 bits per heavy atom. The minimum Gasteiger partial charge on any atom is -0.286 e. The summed E-state index contributed by atoms with van der Waals surface area (Å²) >= 11 is 0. The van der Waals surface area contributed by atoms with E-state index in [-0.39, 0.29) is 17.7 Å². The van der Waals surface area contributed by atoms with Crippen molar-refractivity contribution in [2.45, 2.75) is 19.3 Å². The molecule has 1 aromatic carbocycles. The van der Waals surface area contributed by atoms with E-state index in [1.165, 1.54) is 5.56 Å². The van der Waals surface area contributed by atoms with Gasteiger partial charge in [0.1, 0.15) is 0 Å². The Hall–Kier alpha value is -1.35. The van der Waals surface area contributed by atoms with Gasteiger partial charge in [0.2, 0.25) is 5.91 Å². The van der Waals surface area contributed by atoms with E-state index in [0.29, 0.717) is 6.54 Å². The van der Waals surface area contributed by atoms with Crippen LogP contribution in [0.1, 0.15) is 24.8 Å². The fraction of sp³-hybridized carbons (Fsp3) is 0.417. The Bertz CT molecular complexity index is 350. The molecule has 0 radical (unpaired) electrons. The monoisotopic (exact) mass is 205 g/mol. The van der Waals surface area contributed by atoms with Gasteiger partial charge in [0.05, 0.1) is 0 Å². The molecule has 0 saturated carbocycles. The topological polar surface area (TPSA) is 40.5 Å². The van der Waals surface area contributed by atoms with E-state index in [0.717, 1.165) is 11.5 Å². The lowest BCUT2D eigenvalue weighted by molar-refractivity contribution is -0.176. The molecule has 1 fully saturated rings. The van der Waals surface area contributed by atoms with E-state index in [1.807, 2.05) is 37.3 Å². The van der Waals surface area contributed by atoms with Crippen LogP contribution in [-0.2, 0) is 4.79 Å². The van der Waals surface area contributed by atoms with Gasteiger partial charge in [0.25, 0.3) is 0 Å². The predicted molar refractivity (Wildman–Crippen MR) is 56.5 cm³/mol. The molecule has 1 saturated heterocycles. The molecule has 2 rings (SSSR count). The molecule has 1 amide bonds. The Balaban J connectivity index is 2.21. The molecular weight excluding hydrogens is 190 g/mol. The van der Waals surface area contributed by atoms with Crippen molar-refractivity contribution in [3.63, 3.8) is 0 Å². The van der Waals surface area contributed by atoms with Crippen molar-refractivity contribution in [1.29, 1.82) is 0 Å². The van der Waals surface area contributed by atoms with E-state index >= 15 is 0 Å². The molecule has 3 heteroatoms. The highest BCUT2D eigenvalue weighted by molar-refractivity contribution is 5.79. The van der Waals surface area contributed by atoms with Crippen LogP contribution in [0.25, 0.3) is 0 Å². The van der Waals surface area contributed by atoms with E-state index in [9.17, 15) is 10.0 Å². The molecule has 0 unspecified atom stereocenters. The summed E-state index contributed by atoms with van der Waals surface area (Å²) in [5, 5.41) is 10.1. The lowest BCUT2D eigenvalue weighted by Crippen LogP contribution is -2.41. The molecule has 3 nitrogen and oxygen atoms in total. The average Bonchev–Trinajstić information content (AvgIpc) is 2.27. The molecule has 0 aromatic heterocycles. The highest BCUT2D eigenvalue weighted by Crippen LogP contribution is 2.32. The molecule has 15 heavy (non-hydrogen) atoms. The second kappa shape index (κ2) is 4.03. The Labute approximate surface area is 89.3 Å². The van der Waals surface area contributed by atoms with Crippen LogP contribution in [0.2, 0.25) is 0 Å². The summed E-state index contributed by atoms with van der Waals surface area (Å²) in [5.74, 6) is -0.0663. The molecule has 80 valence electrons. The first-order valence-electron chi connectivity index (χ1n) is 5.25. The third-order valence-electron chi connectivity index (χ3n) is 3.13. The van der Waals surface area contributed by atoms with Crippen LogP contribution >= 0.6 is 0 Å². The van der Waals surface area contributed by atoms with Crippen molar-refractivity contribution in [2.75, 3.05) is 6.54 Å². The Kier molecular flexibility index (Phi) is 2.73. The van der Waals surface area contributed by atoms with E-state index in [4.69, 9.17) is 0 Å². The molecule has 1 aromatic rings. The molecular formula is C12H15NO2. The summed E-state index contributed by atoms with van der Waals surface area (Å²) in [5.41, 5.74) is 1.19. The van der Waals surface area contributed by atoms with Crippen molar-refractivity contribution in [3.8, 4) is 0 Å². The minimum absolute atomic E-state index is 0.133. The minimum atomic E-state index is -0.171. The number of carbonyl (C=O) groups excluding carboxylic acids is 1. The summed E-state index contributed by atoms with van der Waals surface area (Å²) in [7, 11) is 0. The van der Waals surface area contributed by atoms with Crippen molar-refractivity contribution < 1.29 is 10.0 Å². The zero-order valence-corrected chi connectivity index (χ0v) is 8.76. The quantitative estimate of drug-likeness (QED) is 0.713. The second-order valence-corrected chi connectivity index (χ2v) is 4.06. The van der Waals surface area contributed by atoms with E-state index in [1.54, 1.807) is 0 Å². The van der Waals surface area contributed by atoms with Gasteiger partial charge >= 0.3 is 0 Å². The standard InChI is InChI=1S/C12H15NO2/c1-9-11(7-8-13(15)12(9)14)10-5-3-2-4-6-10/h2-6,9,11,15H,7-8H2,1H3/t9-,11-/m1/s1. The van der Waals surface area contributed by atoms with Gasteiger partial charge in [-0.2, -0.15) is 0 Å². The maximum Gasteiger partial charge on any atom is 0.249 e. The second-order valence-electron chi connectivity index (χ2n) is 4.06. The third-order valence-corrected chi connectivity index (χ3v) is 3.13. The van der Waals surface area contributed by atoms with Gasteiger partial charge < -0.3 is 0 Å². The van der Waals surface area contributed by atoms with Gasteiger partial charge in [0, 0.05) is 12.5 Å². The Morgan fingerprint density at radius 2 is 2.00 bits per heavy atom. The number of hydrogen-bond donors (Lipinski definition) is 1. The number of amides is 1. The van der Waals surface area contributed by atoms with Gasteiger partial charge in [-0.15, -0.1) is 0 Å². The summed E-state index contributed by atoms with van der Waals surface area (Å²) in [6, 6.07) is 10.0. The maximum atomic E-state index is 11.6. The van der Waals surface area contributed by atoms with Crippen LogP contribution in [0.15, 0.2) is 30.3 Å². The fourth-order valence-electron chi connectivity index (χ4n) is 2.18. The highest BCUT2D eigenvalue weighted by atomic mass is 16.5. The summed E-state index contributed by atoms with van der Waals surface area (Å²) in [4.78, 5) is 11.6. The van der Waals surface area contributed by atoms with Crippen molar-refractivity contribution >= 4 is 5.91 Å². The smallest absolute Gasteiger partial charge is 0.249 e. The third kappa shape index (κ3) is 1.88. The predicted octanol–water partition coefficient (Wildman–Crippen LogP) is 2.03. The molecule has 1 heterocycles. The molecule has 0 bridgehead atoms. The normalized spacial score (nSPS) is 26.8. The zero-order chi connectivity index (χ0) is 10.8. The number of rotatable bonds is 1. The van der Waals surface area contributed by atoms with Gasteiger partial charge in [-0.3, -0.25) is 10.0 Å². The van der Waals surface area contributed by atoms with Crippen molar-refractivity contribution in [2.24, 2.45) is 5.92 Å². The van der Waals surface area contributed by atoms with Crippen LogP contribution in [0.5, 0.6) is 0 Å². The average molecular weight is 205 g/mol. The van der Waals surface area contributed by atoms with Gasteiger partial charge in [-0.1, -0.05) is 37.3 Å². The molecule has 2 atom stereocenters. The number of hydrogen-bond acceptors (Lipinski definition) is 2. The molecule has 1 N–H and O–H groups in total.